The van der Waals surface area contributed by atoms with E-state index in [0.717, 1.165) is 5.92 Å². The van der Waals surface area contributed by atoms with Crippen LogP contribution in [0.2, 0.25) is 0 Å². The third-order valence-corrected chi connectivity index (χ3v) is 5.25. The molecule has 0 atom stereocenters. The van der Waals surface area contributed by atoms with Crippen LogP contribution in [-0.4, -0.2) is 11.4 Å². The Morgan fingerprint density at radius 2 is 1.62 bits per heavy atom. The van der Waals surface area contributed by atoms with Crippen molar-refractivity contribution >= 4 is 5.91 Å². The maximum atomic E-state index is 11.6. The van der Waals surface area contributed by atoms with Crippen molar-refractivity contribution in [3.8, 4) is 0 Å². The fourth-order valence-corrected chi connectivity index (χ4v) is 3.65. The van der Waals surface area contributed by atoms with Gasteiger partial charge in [-0.25, -0.2) is 0 Å². The molecule has 0 aromatic carbocycles. The van der Waals surface area contributed by atoms with Crippen LogP contribution in [0.3, 0.4) is 0 Å². The van der Waals surface area contributed by atoms with Gasteiger partial charge in [-0.2, -0.15) is 0 Å². The summed E-state index contributed by atoms with van der Waals surface area (Å²) in [6.07, 6.45) is 8.18. The van der Waals surface area contributed by atoms with Crippen LogP contribution in [0.4, 0.5) is 0 Å². The Hall–Kier alpha value is -0.530. The molecule has 92 valence electrons. The molecule has 0 radical (unpaired) electrons. The standard InChI is InChI=1S/C14H25NO/c1-4-12(16)15-14-8-5-13(6-9-14,7-10-14)11(2)3/h11H,4-10H2,1-3H3,(H,15,16). The lowest BCUT2D eigenvalue weighted by Crippen LogP contribution is -2.57. The normalized spacial score (nSPS) is 37.8. The summed E-state index contributed by atoms with van der Waals surface area (Å²) in [6.45, 7) is 6.67. The van der Waals surface area contributed by atoms with Gasteiger partial charge < -0.3 is 5.32 Å². The van der Waals surface area contributed by atoms with Gasteiger partial charge in [0.1, 0.15) is 0 Å². The Kier molecular flexibility index (Phi) is 3.02. The van der Waals surface area contributed by atoms with Crippen molar-refractivity contribution in [1.29, 1.82) is 0 Å². The highest BCUT2D eigenvalue weighted by Crippen LogP contribution is 2.55. The Balaban J connectivity index is 2.03. The van der Waals surface area contributed by atoms with Crippen LogP contribution < -0.4 is 5.32 Å². The molecule has 16 heavy (non-hydrogen) atoms. The van der Waals surface area contributed by atoms with E-state index in [1.54, 1.807) is 0 Å². The second-order valence-corrected chi connectivity index (χ2v) is 6.20. The number of carbonyl (C=O) groups excluding carboxylic acids is 1. The van der Waals surface area contributed by atoms with E-state index in [9.17, 15) is 4.79 Å². The maximum absolute atomic E-state index is 11.6. The van der Waals surface area contributed by atoms with E-state index < -0.39 is 0 Å². The van der Waals surface area contributed by atoms with Crippen molar-refractivity contribution in [2.45, 2.75) is 71.3 Å². The van der Waals surface area contributed by atoms with Gasteiger partial charge in [0.2, 0.25) is 5.91 Å². The van der Waals surface area contributed by atoms with E-state index in [2.05, 4.69) is 19.2 Å². The van der Waals surface area contributed by atoms with Crippen LogP contribution in [0.1, 0.15) is 65.7 Å². The van der Waals surface area contributed by atoms with E-state index in [4.69, 9.17) is 0 Å². The monoisotopic (exact) mass is 223 g/mol. The minimum absolute atomic E-state index is 0.170. The molecular weight excluding hydrogens is 198 g/mol. The van der Waals surface area contributed by atoms with Crippen LogP contribution >= 0.6 is 0 Å². The van der Waals surface area contributed by atoms with E-state index in [0.29, 0.717) is 11.8 Å². The van der Waals surface area contributed by atoms with Gasteiger partial charge in [0, 0.05) is 12.0 Å². The highest BCUT2D eigenvalue weighted by molar-refractivity contribution is 5.76. The largest absolute Gasteiger partial charge is 0.351 e. The van der Waals surface area contributed by atoms with Gasteiger partial charge >= 0.3 is 0 Å². The molecule has 1 amide bonds. The van der Waals surface area contributed by atoms with Crippen LogP contribution in [0.15, 0.2) is 0 Å². The first kappa shape index (κ1) is 11.9. The molecule has 2 heteroatoms. The molecular formula is C14H25NO. The van der Waals surface area contributed by atoms with Crippen molar-refractivity contribution in [3.63, 3.8) is 0 Å². The summed E-state index contributed by atoms with van der Waals surface area (Å²) in [5.74, 6) is 1.03. The minimum Gasteiger partial charge on any atom is -0.351 e. The van der Waals surface area contributed by atoms with Crippen molar-refractivity contribution in [2.75, 3.05) is 0 Å². The third-order valence-electron chi connectivity index (χ3n) is 5.25. The maximum Gasteiger partial charge on any atom is 0.220 e. The number of nitrogens with one attached hydrogen (secondary N) is 1. The summed E-state index contributed by atoms with van der Waals surface area (Å²) >= 11 is 0. The molecule has 0 spiro atoms. The summed E-state index contributed by atoms with van der Waals surface area (Å²) in [7, 11) is 0. The Bertz CT molecular complexity index is 258. The molecule has 0 aromatic rings. The zero-order valence-corrected chi connectivity index (χ0v) is 10.9. The second kappa shape index (κ2) is 4.05. The average molecular weight is 223 g/mol. The number of hydrogen-bond donors (Lipinski definition) is 1. The lowest BCUT2D eigenvalue weighted by Gasteiger charge is -2.55. The fraction of sp³-hybridized carbons (Fsp3) is 0.929. The average Bonchev–Trinajstić information content (AvgIpc) is 2.30. The molecule has 2 bridgehead atoms. The Labute approximate surface area is 99.2 Å². The molecule has 3 rings (SSSR count). The van der Waals surface area contributed by atoms with Crippen molar-refractivity contribution < 1.29 is 4.79 Å². The van der Waals surface area contributed by atoms with E-state index >= 15 is 0 Å². The summed E-state index contributed by atoms with van der Waals surface area (Å²) in [4.78, 5) is 11.6. The molecule has 0 unspecified atom stereocenters. The predicted molar refractivity (Wildman–Crippen MR) is 66.1 cm³/mol. The van der Waals surface area contributed by atoms with Gasteiger partial charge in [0.05, 0.1) is 0 Å². The van der Waals surface area contributed by atoms with E-state index in [-0.39, 0.29) is 11.4 Å². The lowest BCUT2D eigenvalue weighted by atomic mass is 9.53. The van der Waals surface area contributed by atoms with Gasteiger partial charge in [-0.15, -0.1) is 0 Å². The summed E-state index contributed by atoms with van der Waals surface area (Å²) in [5, 5.41) is 3.29. The number of amides is 1. The molecule has 0 aliphatic heterocycles. The van der Waals surface area contributed by atoms with Gasteiger partial charge in [0.15, 0.2) is 0 Å². The van der Waals surface area contributed by atoms with Crippen molar-refractivity contribution in [3.05, 3.63) is 0 Å². The smallest absolute Gasteiger partial charge is 0.220 e. The quantitative estimate of drug-likeness (QED) is 0.781. The highest BCUT2D eigenvalue weighted by Gasteiger charge is 2.50. The molecule has 0 saturated heterocycles. The first-order chi connectivity index (χ1) is 7.52. The summed E-state index contributed by atoms with van der Waals surface area (Å²) < 4.78 is 0. The van der Waals surface area contributed by atoms with Gasteiger partial charge in [-0.3, -0.25) is 4.79 Å². The van der Waals surface area contributed by atoms with Gasteiger partial charge in [0.25, 0.3) is 0 Å². The first-order valence-corrected chi connectivity index (χ1v) is 6.83. The van der Waals surface area contributed by atoms with Crippen molar-refractivity contribution in [2.24, 2.45) is 11.3 Å². The summed E-state index contributed by atoms with van der Waals surface area (Å²) in [6, 6.07) is 0. The number of carbonyl (C=O) groups is 1. The number of fused-ring (bicyclic) bond motifs is 3. The zero-order valence-electron chi connectivity index (χ0n) is 10.9. The van der Waals surface area contributed by atoms with Crippen molar-refractivity contribution in [1.82, 2.24) is 5.32 Å². The van der Waals surface area contributed by atoms with E-state index in [1.807, 2.05) is 6.92 Å². The minimum atomic E-state index is 0.170. The molecule has 0 heterocycles. The van der Waals surface area contributed by atoms with Crippen LogP contribution in [-0.2, 0) is 4.79 Å². The van der Waals surface area contributed by atoms with Gasteiger partial charge in [-0.1, -0.05) is 20.8 Å². The van der Waals surface area contributed by atoms with E-state index in [1.165, 1.54) is 38.5 Å². The number of rotatable bonds is 3. The predicted octanol–water partition coefficient (Wildman–Crippen LogP) is 3.26. The third kappa shape index (κ3) is 1.87. The van der Waals surface area contributed by atoms with Crippen LogP contribution in [0.5, 0.6) is 0 Å². The molecule has 1 N–H and O–H groups in total. The lowest BCUT2D eigenvalue weighted by molar-refractivity contribution is -0.125. The Morgan fingerprint density at radius 1 is 1.12 bits per heavy atom. The summed E-state index contributed by atoms with van der Waals surface area (Å²) in [5.41, 5.74) is 0.766. The van der Waals surface area contributed by atoms with Gasteiger partial charge in [-0.05, 0) is 49.9 Å². The topological polar surface area (TPSA) is 29.1 Å². The Morgan fingerprint density at radius 3 is 2.00 bits per heavy atom. The van der Waals surface area contributed by atoms with Crippen LogP contribution in [0, 0.1) is 11.3 Å². The zero-order chi connectivity index (χ0) is 11.8. The van der Waals surface area contributed by atoms with Crippen LogP contribution in [0.25, 0.3) is 0 Å². The number of hydrogen-bond acceptors (Lipinski definition) is 1. The second-order valence-electron chi connectivity index (χ2n) is 6.20. The fourth-order valence-electron chi connectivity index (χ4n) is 3.65. The highest BCUT2D eigenvalue weighted by atomic mass is 16.1. The molecule has 2 nitrogen and oxygen atoms in total. The molecule has 0 aromatic heterocycles. The molecule has 3 fully saturated rings. The molecule has 3 aliphatic carbocycles. The first-order valence-electron chi connectivity index (χ1n) is 6.83. The SMILES string of the molecule is CCC(=O)NC12CCC(C(C)C)(CC1)CC2. The molecule has 3 saturated carbocycles. The molecule has 3 aliphatic rings.